The molecule has 0 saturated heterocycles. The van der Waals surface area contributed by atoms with Crippen LogP contribution in [-0.2, 0) is 11.1 Å². The number of azide groups is 1. The van der Waals surface area contributed by atoms with Crippen LogP contribution in [-0.4, -0.2) is 21.1 Å². The SMILES string of the molecule is [N-]=[N+]=NCCCS(=O)O. The quantitative estimate of drug-likeness (QED) is 0.212. The van der Waals surface area contributed by atoms with Gasteiger partial charge in [0.05, 0.1) is 0 Å². The van der Waals surface area contributed by atoms with E-state index in [-0.39, 0.29) is 5.75 Å². The Hall–Kier alpha value is -0.580. The molecule has 0 heterocycles. The zero-order valence-corrected chi connectivity index (χ0v) is 5.54. The van der Waals surface area contributed by atoms with E-state index in [1.807, 2.05) is 0 Å². The first-order valence-corrected chi connectivity index (χ1v) is 3.63. The molecule has 1 unspecified atom stereocenters. The Morgan fingerprint density at radius 2 is 2.44 bits per heavy atom. The van der Waals surface area contributed by atoms with Crippen molar-refractivity contribution >= 4 is 11.1 Å². The van der Waals surface area contributed by atoms with Crippen LogP contribution in [0.15, 0.2) is 5.11 Å². The standard InChI is InChI=1S/C3H7N3O2S/c4-6-5-2-1-3-9(7)8/h1-3H2,(H,7,8). The second kappa shape index (κ2) is 5.55. The van der Waals surface area contributed by atoms with E-state index in [0.29, 0.717) is 13.0 Å². The van der Waals surface area contributed by atoms with Gasteiger partial charge in [0, 0.05) is 17.2 Å². The van der Waals surface area contributed by atoms with Gasteiger partial charge >= 0.3 is 0 Å². The monoisotopic (exact) mass is 149 g/mol. The first-order valence-electron chi connectivity index (χ1n) is 2.35. The third kappa shape index (κ3) is 7.42. The van der Waals surface area contributed by atoms with E-state index in [0.717, 1.165) is 0 Å². The molecular weight excluding hydrogens is 142 g/mol. The van der Waals surface area contributed by atoms with Crippen molar-refractivity contribution in [2.75, 3.05) is 12.3 Å². The van der Waals surface area contributed by atoms with Crippen molar-refractivity contribution in [3.63, 3.8) is 0 Å². The van der Waals surface area contributed by atoms with Gasteiger partial charge in [0.25, 0.3) is 0 Å². The summed E-state index contributed by atoms with van der Waals surface area (Å²) < 4.78 is 18.1. The number of rotatable bonds is 4. The molecule has 0 aromatic rings. The van der Waals surface area contributed by atoms with E-state index < -0.39 is 11.1 Å². The molecule has 0 amide bonds. The molecule has 6 heteroatoms. The minimum atomic E-state index is -1.75. The Bertz CT molecular complexity index is 140. The molecule has 52 valence electrons. The molecule has 0 spiro atoms. The van der Waals surface area contributed by atoms with Gasteiger partial charge in [0.1, 0.15) is 0 Å². The minimum Gasteiger partial charge on any atom is -0.306 e. The molecule has 0 aromatic heterocycles. The first-order chi connectivity index (χ1) is 4.27. The molecule has 0 rings (SSSR count). The van der Waals surface area contributed by atoms with Gasteiger partial charge < -0.3 is 4.55 Å². The van der Waals surface area contributed by atoms with Crippen LogP contribution in [0, 0.1) is 0 Å². The van der Waals surface area contributed by atoms with Crippen molar-refractivity contribution in [1.29, 1.82) is 0 Å². The van der Waals surface area contributed by atoms with Crippen molar-refractivity contribution in [3.8, 4) is 0 Å². The van der Waals surface area contributed by atoms with Gasteiger partial charge in [0.2, 0.25) is 0 Å². The Morgan fingerprint density at radius 1 is 1.78 bits per heavy atom. The molecular formula is C3H7N3O2S. The van der Waals surface area contributed by atoms with Crippen molar-refractivity contribution < 1.29 is 8.76 Å². The summed E-state index contributed by atoms with van der Waals surface area (Å²) in [5.41, 5.74) is 7.75. The van der Waals surface area contributed by atoms with Gasteiger partial charge in [-0.25, -0.2) is 4.21 Å². The Labute approximate surface area is 55.0 Å². The highest BCUT2D eigenvalue weighted by Crippen LogP contribution is 1.83. The average molecular weight is 149 g/mol. The lowest BCUT2D eigenvalue weighted by atomic mass is 10.5. The summed E-state index contributed by atoms with van der Waals surface area (Å²) >= 11 is -1.75. The lowest BCUT2D eigenvalue weighted by Gasteiger charge is -1.87. The molecule has 5 nitrogen and oxygen atoms in total. The summed E-state index contributed by atoms with van der Waals surface area (Å²) in [6.07, 6.45) is 0.465. The van der Waals surface area contributed by atoms with E-state index >= 15 is 0 Å². The molecule has 0 aromatic carbocycles. The number of nitrogens with zero attached hydrogens (tertiary/aromatic N) is 3. The van der Waals surface area contributed by atoms with Crippen LogP contribution in [0.5, 0.6) is 0 Å². The zero-order chi connectivity index (χ0) is 7.11. The molecule has 0 bridgehead atoms. The highest BCUT2D eigenvalue weighted by Gasteiger charge is 1.89. The number of hydrogen-bond acceptors (Lipinski definition) is 2. The van der Waals surface area contributed by atoms with E-state index in [1.165, 1.54) is 0 Å². The molecule has 0 aliphatic carbocycles. The second-order valence-corrected chi connectivity index (χ2v) is 2.38. The molecule has 0 saturated carbocycles. The number of hydrogen-bond donors (Lipinski definition) is 1. The molecule has 0 aliphatic heterocycles. The average Bonchev–Trinajstić information content (AvgIpc) is 1.80. The Balaban J connectivity index is 3.10. The third-order valence-electron chi connectivity index (χ3n) is 0.640. The van der Waals surface area contributed by atoms with E-state index in [1.54, 1.807) is 0 Å². The lowest BCUT2D eigenvalue weighted by Crippen LogP contribution is -1.95. The fourth-order valence-corrected chi connectivity index (χ4v) is 0.680. The van der Waals surface area contributed by atoms with Crippen LogP contribution < -0.4 is 0 Å². The third-order valence-corrected chi connectivity index (χ3v) is 1.28. The molecule has 0 aliphatic rings. The van der Waals surface area contributed by atoms with Gasteiger partial charge in [-0.2, -0.15) is 0 Å². The minimum absolute atomic E-state index is 0.180. The van der Waals surface area contributed by atoms with Gasteiger partial charge in [-0.05, 0) is 12.0 Å². The predicted molar refractivity (Wildman–Crippen MR) is 34.3 cm³/mol. The van der Waals surface area contributed by atoms with E-state index in [2.05, 4.69) is 10.0 Å². The van der Waals surface area contributed by atoms with Crippen LogP contribution in [0.25, 0.3) is 10.4 Å². The second-order valence-electron chi connectivity index (χ2n) is 1.33. The molecule has 9 heavy (non-hydrogen) atoms. The van der Waals surface area contributed by atoms with Crippen molar-refractivity contribution in [2.45, 2.75) is 6.42 Å². The van der Waals surface area contributed by atoms with Crippen molar-refractivity contribution in [2.24, 2.45) is 5.11 Å². The lowest BCUT2D eigenvalue weighted by molar-refractivity contribution is 0.562. The first kappa shape index (κ1) is 8.42. The highest BCUT2D eigenvalue weighted by molar-refractivity contribution is 7.79. The topological polar surface area (TPSA) is 86.1 Å². The van der Waals surface area contributed by atoms with Gasteiger partial charge in [-0.3, -0.25) is 0 Å². The zero-order valence-electron chi connectivity index (χ0n) is 4.73. The fourth-order valence-electron chi connectivity index (χ4n) is 0.303. The van der Waals surface area contributed by atoms with Crippen LogP contribution >= 0.6 is 0 Å². The summed E-state index contributed by atoms with van der Waals surface area (Å²) in [6, 6.07) is 0. The van der Waals surface area contributed by atoms with Crippen molar-refractivity contribution in [1.82, 2.24) is 0 Å². The molecule has 1 N–H and O–H groups in total. The van der Waals surface area contributed by atoms with Crippen LogP contribution in [0.2, 0.25) is 0 Å². The Morgan fingerprint density at radius 3 is 2.89 bits per heavy atom. The fraction of sp³-hybridized carbons (Fsp3) is 1.00. The summed E-state index contributed by atoms with van der Waals surface area (Å²) in [7, 11) is 0. The smallest absolute Gasteiger partial charge is 0.152 e. The maximum Gasteiger partial charge on any atom is 0.152 e. The van der Waals surface area contributed by atoms with Crippen molar-refractivity contribution in [3.05, 3.63) is 10.4 Å². The van der Waals surface area contributed by atoms with Crippen LogP contribution in [0.1, 0.15) is 6.42 Å². The van der Waals surface area contributed by atoms with E-state index in [9.17, 15) is 4.21 Å². The largest absolute Gasteiger partial charge is 0.306 e. The predicted octanol–water partition coefficient (Wildman–Crippen LogP) is 0.909. The molecule has 0 radical (unpaired) electrons. The maximum atomic E-state index is 9.94. The summed E-state index contributed by atoms with van der Waals surface area (Å²) in [5, 5.41) is 3.18. The highest BCUT2D eigenvalue weighted by atomic mass is 32.2. The summed E-state index contributed by atoms with van der Waals surface area (Å²) in [6.45, 7) is 0.294. The van der Waals surface area contributed by atoms with Gasteiger partial charge in [-0.1, -0.05) is 5.11 Å². The Kier molecular flexibility index (Phi) is 5.20. The maximum absolute atomic E-state index is 9.94. The summed E-state index contributed by atoms with van der Waals surface area (Å²) in [4.78, 5) is 2.48. The van der Waals surface area contributed by atoms with E-state index in [4.69, 9.17) is 10.1 Å². The van der Waals surface area contributed by atoms with Gasteiger partial charge in [0.15, 0.2) is 11.1 Å². The van der Waals surface area contributed by atoms with Crippen LogP contribution in [0.3, 0.4) is 0 Å². The molecule has 1 atom stereocenters. The summed E-state index contributed by atoms with van der Waals surface area (Å²) in [5.74, 6) is 0.180. The molecule has 0 fully saturated rings. The normalized spacial score (nSPS) is 12.1. The van der Waals surface area contributed by atoms with Crippen LogP contribution in [0.4, 0.5) is 0 Å². The van der Waals surface area contributed by atoms with Gasteiger partial charge in [-0.15, -0.1) is 0 Å².